The van der Waals surface area contributed by atoms with Crippen molar-refractivity contribution in [3.63, 3.8) is 0 Å². The molecule has 0 amide bonds. The van der Waals surface area contributed by atoms with Crippen molar-refractivity contribution in [2.45, 2.75) is 30.7 Å². The van der Waals surface area contributed by atoms with Crippen LogP contribution in [0.4, 0.5) is 5.69 Å². The van der Waals surface area contributed by atoms with Gasteiger partial charge in [0.15, 0.2) is 0 Å². The third kappa shape index (κ3) is 4.54. The molecule has 0 spiro atoms. The highest BCUT2D eigenvalue weighted by atomic mass is 32.2. The summed E-state index contributed by atoms with van der Waals surface area (Å²) in [5.74, 6) is -0.562. The van der Waals surface area contributed by atoms with Crippen LogP contribution >= 0.6 is 0 Å². The van der Waals surface area contributed by atoms with Gasteiger partial charge in [-0.1, -0.05) is 18.2 Å². The van der Waals surface area contributed by atoms with Gasteiger partial charge in [-0.15, -0.1) is 0 Å². The number of piperidine rings is 1. The number of carbonyl (C=O) groups is 1. The fourth-order valence-electron chi connectivity index (χ4n) is 3.39. The lowest BCUT2D eigenvalue weighted by Gasteiger charge is -2.29. The zero-order valence-corrected chi connectivity index (χ0v) is 17.1. The number of hydrogen-bond donors (Lipinski definition) is 0. The third-order valence-electron chi connectivity index (χ3n) is 5.03. The van der Waals surface area contributed by atoms with Crippen molar-refractivity contribution in [1.29, 1.82) is 0 Å². The first-order chi connectivity index (χ1) is 13.4. The van der Waals surface area contributed by atoms with E-state index in [1.54, 1.807) is 13.1 Å². The van der Waals surface area contributed by atoms with E-state index in [0.717, 1.165) is 18.7 Å². The Bertz CT molecular complexity index is 920. The van der Waals surface area contributed by atoms with Crippen LogP contribution in [0.5, 0.6) is 0 Å². The van der Waals surface area contributed by atoms with E-state index < -0.39 is 16.0 Å². The fourth-order valence-corrected chi connectivity index (χ4v) is 4.59. The van der Waals surface area contributed by atoms with Gasteiger partial charge in [0.2, 0.25) is 10.0 Å². The van der Waals surface area contributed by atoms with Gasteiger partial charge in [0, 0.05) is 32.4 Å². The van der Waals surface area contributed by atoms with Crippen LogP contribution in [0.3, 0.4) is 0 Å². The minimum atomic E-state index is -3.72. The number of anilines is 1. The second-order valence-electron chi connectivity index (χ2n) is 6.99. The smallest absolute Gasteiger partial charge is 0.337 e. The molecule has 7 heteroatoms. The van der Waals surface area contributed by atoms with Gasteiger partial charge in [0.25, 0.3) is 0 Å². The number of nitrogens with zero attached hydrogens (tertiary/aromatic N) is 2. The van der Waals surface area contributed by atoms with Gasteiger partial charge in [-0.2, -0.15) is 4.31 Å². The van der Waals surface area contributed by atoms with E-state index in [1.807, 2.05) is 12.1 Å². The number of methoxy groups -OCH3 is 1. The molecule has 0 aromatic heterocycles. The van der Waals surface area contributed by atoms with Crippen molar-refractivity contribution < 1.29 is 17.9 Å². The first-order valence-electron chi connectivity index (χ1n) is 9.40. The van der Waals surface area contributed by atoms with Crippen LogP contribution in [-0.2, 0) is 21.3 Å². The minimum Gasteiger partial charge on any atom is -0.465 e. The molecule has 1 aliphatic heterocycles. The van der Waals surface area contributed by atoms with Crippen molar-refractivity contribution in [3.8, 4) is 0 Å². The lowest BCUT2D eigenvalue weighted by molar-refractivity contribution is 0.0600. The van der Waals surface area contributed by atoms with Gasteiger partial charge in [0.1, 0.15) is 0 Å². The molecule has 0 N–H and O–H groups in total. The fraction of sp³-hybridized carbons (Fsp3) is 0.381. The van der Waals surface area contributed by atoms with Gasteiger partial charge < -0.3 is 9.64 Å². The maximum Gasteiger partial charge on any atom is 0.337 e. The van der Waals surface area contributed by atoms with Crippen molar-refractivity contribution >= 4 is 21.7 Å². The predicted octanol–water partition coefficient (Wildman–Crippen LogP) is 3.28. The lowest BCUT2D eigenvalue weighted by atomic mass is 10.1. The summed E-state index contributed by atoms with van der Waals surface area (Å²) < 4.78 is 31.7. The molecule has 2 aromatic carbocycles. The summed E-state index contributed by atoms with van der Waals surface area (Å²) in [5.41, 5.74) is 2.30. The molecule has 1 saturated heterocycles. The van der Waals surface area contributed by atoms with Crippen LogP contribution in [0.1, 0.15) is 35.2 Å². The van der Waals surface area contributed by atoms with Gasteiger partial charge in [-0.3, -0.25) is 0 Å². The summed E-state index contributed by atoms with van der Waals surface area (Å²) in [5, 5.41) is 0. The van der Waals surface area contributed by atoms with Crippen molar-refractivity contribution in [2.24, 2.45) is 0 Å². The Morgan fingerprint density at radius 3 is 2.39 bits per heavy atom. The SMILES string of the molecule is COC(=O)c1cccc(S(=O)(=O)N(C)Cc2ccc(N3CCCCC3)cc2)c1. The molecule has 1 heterocycles. The quantitative estimate of drug-likeness (QED) is 0.694. The van der Waals surface area contributed by atoms with E-state index in [0.29, 0.717) is 0 Å². The molecule has 0 unspecified atom stereocenters. The molecule has 3 rings (SSSR count). The highest BCUT2D eigenvalue weighted by molar-refractivity contribution is 7.89. The van der Waals surface area contributed by atoms with Gasteiger partial charge in [0.05, 0.1) is 17.6 Å². The summed E-state index contributed by atoms with van der Waals surface area (Å²) in [4.78, 5) is 14.1. The van der Waals surface area contributed by atoms with E-state index in [2.05, 4.69) is 21.8 Å². The van der Waals surface area contributed by atoms with Crippen LogP contribution in [-0.4, -0.2) is 45.9 Å². The van der Waals surface area contributed by atoms with E-state index in [1.165, 1.54) is 54.6 Å². The normalized spacial score (nSPS) is 14.9. The Balaban J connectivity index is 1.72. The molecule has 0 aliphatic carbocycles. The monoisotopic (exact) mass is 402 g/mol. The molecular weight excluding hydrogens is 376 g/mol. The summed E-state index contributed by atoms with van der Waals surface area (Å²) >= 11 is 0. The Morgan fingerprint density at radius 2 is 1.75 bits per heavy atom. The van der Waals surface area contributed by atoms with E-state index >= 15 is 0 Å². The van der Waals surface area contributed by atoms with Crippen LogP contribution in [0.15, 0.2) is 53.4 Å². The third-order valence-corrected chi connectivity index (χ3v) is 6.83. The van der Waals surface area contributed by atoms with Crippen molar-refractivity contribution in [3.05, 3.63) is 59.7 Å². The van der Waals surface area contributed by atoms with Gasteiger partial charge in [-0.05, 0) is 55.2 Å². The molecule has 6 nitrogen and oxygen atoms in total. The number of benzene rings is 2. The molecule has 0 atom stereocenters. The Kier molecular flexibility index (Phi) is 6.36. The zero-order chi connectivity index (χ0) is 20.1. The molecule has 0 bridgehead atoms. The highest BCUT2D eigenvalue weighted by Gasteiger charge is 2.22. The molecule has 28 heavy (non-hydrogen) atoms. The summed E-state index contributed by atoms with van der Waals surface area (Å²) in [6, 6.07) is 14.0. The molecule has 0 saturated carbocycles. The first kappa shape index (κ1) is 20.4. The summed E-state index contributed by atoms with van der Waals surface area (Å²) in [6.45, 7) is 2.40. The Hall–Kier alpha value is -2.38. The molecule has 150 valence electrons. The average molecular weight is 403 g/mol. The molecule has 2 aromatic rings. The second kappa shape index (κ2) is 8.75. The number of hydrogen-bond acceptors (Lipinski definition) is 5. The zero-order valence-electron chi connectivity index (χ0n) is 16.3. The topological polar surface area (TPSA) is 66.9 Å². The molecule has 1 fully saturated rings. The number of carbonyl (C=O) groups excluding carboxylic acids is 1. The number of ether oxygens (including phenoxy) is 1. The number of esters is 1. The van der Waals surface area contributed by atoms with E-state index in [4.69, 9.17) is 0 Å². The lowest BCUT2D eigenvalue weighted by Crippen LogP contribution is -2.29. The van der Waals surface area contributed by atoms with Gasteiger partial charge in [-0.25, -0.2) is 13.2 Å². The highest BCUT2D eigenvalue weighted by Crippen LogP contribution is 2.22. The van der Waals surface area contributed by atoms with E-state index in [-0.39, 0.29) is 17.0 Å². The minimum absolute atomic E-state index is 0.0721. The maximum absolute atomic E-state index is 12.9. The van der Waals surface area contributed by atoms with Crippen molar-refractivity contribution in [1.82, 2.24) is 4.31 Å². The van der Waals surface area contributed by atoms with Crippen LogP contribution in [0.25, 0.3) is 0 Å². The van der Waals surface area contributed by atoms with Crippen LogP contribution in [0.2, 0.25) is 0 Å². The van der Waals surface area contributed by atoms with Crippen LogP contribution in [0, 0.1) is 0 Å². The summed E-state index contributed by atoms with van der Waals surface area (Å²) in [7, 11) is -0.909. The standard InChI is InChI=1S/C21H26N2O4S/c1-22(28(25,26)20-8-6-7-18(15-20)21(24)27-2)16-17-9-11-19(12-10-17)23-13-4-3-5-14-23/h6-12,15H,3-5,13-14,16H2,1-2H3. The van der Waals surface area contributed by atoms with Crippen molar-refractivity contribution in [2.75, 3.05) is 32.1 Å². The first-order valence-corrected chi connectivity index (χ1v) is 10.8. The maximum atomic E-state index is 12.9. The predicted molar refractivity (Wildman–Crippen MR) is 109 cm³/mol. The second-order valence-corrected chi connectivity index (χ2v) is 9.04. The largest absolute Gasteiger partial charge is 0.465 e. The Labute approximate surface area is 166 Å². The Morgan fingerprint density at radius 1 is 1.07 bits per heavy atom. The number of sulfonamides is 1. The van der Waals surface area contributed by atoms with E-state index in [9.17, 15) is 13.2 Å². The summed E-state index contributed by atoms with van der Waals surface area (Å²) in [6.07, 6.45) is 3.72. The average Bonchev–Trinajstić information content (AvgIpc) is 2.74. The molecular formula is C21H26N2O4S. The van der Waals surface area contributed by atoms with Gasteiger partial charge >= 0.3 is 5.97 Å². The van der Waals surface area contributed by atoms with Crippen LogP contribution < -0.4 is 4.90 Å². The molecule has 0 radical (unpaired) electrons. The number of rotatable bonds is 6. The molecule has 1 aliphatic rings.